The zero-order valence-electron chi connectivity index (χ0n) is 17.5. The Kier molecular flexibility index (Phi) is 6.55. The summed E-state index contributed by atoms with van der Waals surface area (Å²) in [5, 5.41) is 2.92. The largest absolute Gasteiger partial charge is 0.497 e. The number of piperidine rings is 1. The van der Waals surface area contributed by atoms with Gasteiger partial charge in [0.2, 0.25) is 0 Å². The Balaban J connectivity index is 1.18. The summed E-state index contributed by atoms with van der Waals surface area (Å²) in [6.07, 6.45) is 10.1. The van der Waals surface area contributed by atoms with Gasteiger partial charge in [0, 0.05) is 26.2 Å². The van der Waals surface area contributed by atoms with Crippen molar-refractivity contribution in [2.45, 2.75) is 37.4 Å². The molecule has 1 amide bonds. The molecule has 2 saturated heterocycles. The molecule has 1 atom stereocenters. The standard InChI is InChI=1S/C24H30N2O4/c1-28-20-8-6-19(7-9-20)4-2-14-26-15-12-24(13-16-26)11-10-21(30-24)18-25-23(27)22-5-3-17-29-22/h2-9,17,21H,10-16,18H2,1H3,(H,25,27). The number of likely N-dealkylation sites (tertiary alicyclic amines) is 1. The second-order valence-corrected chi connectivity index (χ2v) is 8.13. The Morgan fingerprint density at radius 2 is 2.03 bits per heavy atom. The molecule has 0 saturated carbocycles. The van der Waals surface area contributed by atoms with Crippen molar-refractivity contribution in [2.75, 3.05) is 33.3 Å². The lowest BCUT2D eigenvalue weighted by molar-refractivity contribution is -0.0741. The maximum absolute atomic E-state index is 12.0. The molecule has 30 heavy (non-hydrogen) atoms. The van der Waals surface area contributed by atoms with Gasteiger partial charge >= 0.3 is 0 Å². The summed E-state index contributed by atoms with van der Waals surface area (Å²) in [4.78, 5) is 14.5. The van der Waals surface area contributed by atoms with Gasteiger partial charge in [-0.05, 0) is 55.5 Å². The highest BCUT2D eigenvalue weighted by Crippen LogP contribution is 2.38. The van der Waals surface area contributed by atoms with Crippen LogP contribution in [0, 0.1) is 0 Å². The van der Waals surface area contributed by atoms with Gasteiger partial charge in [-0.2, -0.15) is 0 Å². The molecule has 0 bridgehead atoms. The van der Waals surface area contributed by atoms with Gasteiger partial charge in [0.1, 0.15) is 5.75 Å². The molecule has 2 fully saturated rings. The summed E-state index contributed by atoms with van der Waals surface area (Å²) in [6.45, 7) is 3.57. The van der Waals surface area contributed by atoms with Crippen LogP contribution in [0.25, 0.3) is 6.08 Å². The summed E-state index contributed by atoms with van der Waals surface area (Å²) in [6, 6.07) is 11.5. The molecular weight excluding hydrogens is 380 g/mol. The van der Waals surface area contributed by atoms with E-state index in [0.717, 1.165) is 51.1 Å². The summed E-state index contributed by atoms with van der Waals surface area (Å²) in [5.74, 6) is 1.05. The van der Waals surface area contributed by atoms with E-state index >= 15 is 0 Å². The van der Waals surface area contributed by atoms with E-state index < -0.39 is 0 Å². The molecule has 3 heterocycles. The Morgan fingerprint density at radius 3 is 2.73 bits per heavy atom. The lowest BCUT2D eigenvalue weighted by Gasteiger charge is -2.38. The number of ether oxygens (including phenoxy) is 2. The number of nitrogens with one attached hydrogen (secondary N) is 1. The first-order valence-electron chi connectivity index (χ1n) is 10.7. The second-order valence-electron chi connectivity index (χ2n) is 8.13. The first kappa shape index (κ1) is 20.7. The molecule has 6 heteroatoms. The van der Waals surface area contributed by atoms with Gasteiger partial charge in [-0.25, -0.2) is 0 Å². The number of furan rings is 1. The molecule has 160 valence electrons. The van der Waals surface area contributed by atoms with Crippen LogP contribution in [0.3, 0.4) is 0 Å². The van der Waals surface area contributed by atoms with Gasteiger partial charge in [0.25, 0.3) is 5.91 Å². The lowest BCUT2D eigenvalue weighted by atomic mass is 9.88. The number of carbonyl (C=O) groups is 1. The van der Waals surface area contributed by atoms with Crippen molar-refractivity contribution in [2.24, 2.45) is 0 Å². The Morgan fingerprint density at radius 1 is 1.23 bits per heavy atom. The third-order valence-electron chi connectivity index (χ3n) is 6.13. The Bertz CT molecular complexity index is 837. The molecule has 2 aliphatic heterocycles. The van der Waals surface area contributed by atoms with E-state index in [1.807, 2.05) is 12.1 Å². The maximum Gasteiger partial charge on any atom is 0.287 e. The van der Waals surface area contributed by atoms with E-state index in [4.69, 9.17) is 13.9 Å². The lowest BCUT2D eigenvalue weighted by Crippen LogP contribution is -2.45. The molecule has 2 aliphatic rings. The van der Waals surface area contributed by atoms with Crippen molar-refractivity contribution in [1.29, 1.82) is 0 Å². The molecule has 2 aromatic rings. The van der Waals surface area contributed by atoms with Gasteiger partial charge in [0.05, 0.1) is 25.1 Å². The third kappa shape index (κ3) is 5.12. The van der Waals surface area contributed by atoms with Gasteiger partial charge in [0.15, 0.2) is 5.76 Å². The maximum atomic E-state index is 12.0. The van der Waals surface area contributed by atoms with Crippen LogP contribution < -0.4 is 10.1 Å². The smallest absolute Gasteiger partial charge is 0.287 e. The number of benzene rings is 1. The van der Waals surface area contributed by atoms with Crippen LogP contribution >= 0.6 is 0 Å². The molecular formula is C24H30N2O4. The van der Waals surface area contributed by atoms with Crippen LogP contribution in [0.15, 0.2) is 53.2 Å². The van der Waals surface area contributed by atoms with Crippen LogP contribution in [0.2, 0.25) is 0 Å². The second kappa shape index (κ2) is 9.49. The molecule has 0 radical (unpaired) electrons. The number of amides is 1. The van der Waals surface area contributed by atoms with Gasteiger partial charge in [-0.15, -0.1) is 0 Å². The predicted molar refractivity (Wildman–Crippen MR) is 116 cm³/mol. The number of hydrogen-bond acceptors (Lipinski definition) is 5. The van der Waals surface area contributed by atoms with Crippen LogP contribution in [-0.2, 0) is 4.74 Å². The van der Waals surface area contributed by atoms with Gasteiger partial charge in [-0.1, -0.05) is 24.3 Å². The Labute approximate surface area is 177 Å². The van der Waals surface area contributed by atoms with Crippen molar-refractivity contribution in [3.05, 3.63) is 60.1 Å². The fourth-order valence-corrected chi connectivity index (χ4v) is 4.30. The van der Waals surface area contributed by atoms with Crippen molar-refractivity contribution in [1.82, 2.24) is 10.2 Å². The van der Waals surface area contributed by atoms with E-state index in [9.17, 15) is 4.79 Å². The number of methoxy groups -OCH3 is 1. The van der Waals surface area contributed by atoms with Crippen molar-refractivity contribution >= 4 is 12.0 Å². The highest BCUT2D eigenvalue weighted by Gasteiger charge is 2.42. The van der Waals surface area contributed by atoms with E-state index in [1.54, 1.807) is 19.2 Å². The SMILES string of the molecule is COc1ccc(C=CCN2CCC3(CCC(CNC(=O)c4ccco4)O3)CC2)cc1. The number of carbonyl (C=O) groups excluding carboxylic acids is 1. The molecule has 1 N–H and O–H groups in total. The highest BCUT2D eigenvalue weighted by molar-refractivity contribution is 5.91. The normalized spacial score (nSPS) is 21.3. The van der Waals surface area contributed by atoms with Crippen molar-refractivity contribution < 1.29 is 18.7 Å². The Hall–Kier alpha value is -2.57. The minimum Gasteiger partial charge on any atom is -0.497 e. The molecule has 4 rings (SSSR count). The van der Waals surface area contributed by atoms with E-state index in [2.05, 4.69) is 34.5 Å². The summed E-state index contributed by atoms with van der Waals surface area (Å²) in [5.41, 5.74) is 1.17. The van der Waals surface area contributed by atoms with Crippen molar-refractivity contribution in [3.63, 3.8) is 0 Å². The molecule has 1 aromatic carbocycles. The average molecular weight is 411 g/mol. The summed E-state index contributed by atoms with van der Waals surface area (Å²) >= 11 is 0. The molecule has 0 aliphatic carbocycles. The van der Waals surface area contributed by atoms with Gasteiger partial charge < -0.3 is 19.2 Å². The monoisotopic (exact) mass is 410 g/mol. The average Bonchev–Trinajstić information content (AvgIpc) is 3.45. The van der Waals surface area contributed by atoms with Crippen LogP contribution in [-0.4, -0.2) is 55.8 Å². The summed E-state index contributed by atoms with van der Waals surface area (Å²) in [7, 11) is 1.68. The number of hydrogen-bond donors (Lipinski definition) is 1. The van der Waals surface area contributed by atoms with E-state index in [0.29, 0.717) is 12.3 Å². The minimum atomic E-state index is -0.178. The molecule has 1 aromatic heterocycles. The predicted octanol–water partition coefficient (Wildman–Crippen LogP) is 3.75. The first-order valence-corrected chi connectivity index (χ1v) is 10.7. The van der Waals surface area contributed by atoms with E-state index in [-0.39, 0.29) is 17.6 Å². The topological polar surface area (TPSA) is 63.9 Å². The number of nitrogens with zero attached hydrogens (tertiary/aromatic N) is 1. The van der Waals surface area contributed by atoms with E-state index in [1.165, 1.54) is 11.8 Å². The quantitative estimate of drug-likeness (QED) is 0.753. The zero-order valence-corrected chi connectivity index (χ0v) is 17.5. The molecule has 1 spiro atoms. The highest BCUT2D eigenvalue weighted by atomic mass is 16.5. The van der Waals surface area contributed by atoms with Crippen LogP contribution in [0.4, 0.5) is 0 Å². The zero-order chi connectivity index (χ0) is 20.8. The van der Waals surface area contributed by atoms with Crippen LogP contribution in [0.5, 0.6) is 5.75 Å². The van der Waals surface area contributed by atoms with Crippen molar-refractivity contribution in [3.8, 4) is 5.75 Å². The minimum absolute atomic E-state index is 0.0176. The van der Waals surface area contributed by atoms with Gasteiger partial charge in [-0.3, -0.25) is 9.69 Å². The third-order valence-corrected chi connectivity index (χ3v) is 6.13. The first-order chi connectivity index (χ1) is 14.7. The fraction of sp³-hybridized carbons (Fsp3) is 0.458. The van der Waals surface area contributed by atoms with Crippen LogP contribution in [0.1, 0.15) is 41.8 Å². The number of rotatable bonds is 7. The molecule has 6 nitrogen and oxygen atoms in total. The summed E-state index contributed by atoms with van der Waals surface area (Å²) < 4.78 is 16.7. The molecule has 1 unspecified atom stereocenters. The fourth-order valence-electron chi connectivity index (χ4n) is 4.30.